The zero-order valence-electron chi connectivity index (χ0n) is 9.23. The molecule has 1 rings (SSSR count). The normalized spacial score (nSPS) is 12.1. The molecule has 0 aliphatic heterocycles. The van der Waals surface area contributed by atoms with Gasteiger partial charge < -0.3 is 11.1 Å². The van der Waals surface area contributed by atoms with Crippen molar-refractivity contribution in [3.63, 3.8) is 0 Å². The minimum atomic E-state index is -1.28. The van der Waals surface area contributed by atoms with Gasteiger partial charge in [-0.2, -0.15) is 0 Å². The summed E-state index contributed by atoms with van der Waals surface area (Å²) in [4.78, 5) is 12.0. The van der Waals surface area contributed by atoms with E-state index < -0.39 is 10.8 Å². The van der Waals surface area contributed by atoms with E-state index in [-0.39, 0.29) is 11.7 Å². The Morgan fingerprint density at radius 2 is 2.25 bits per heavy atom. The second kappa shape index (κ2) is 6.40. The molecule has 1 amide bonds. The van der Waals surface area contributed by atoms with Crippen molar-refractivity contribution in [1.29, 1.82) is 0 Å². The molecule has 0 radical (unpaired) electrons. The van der Waals surface area contributed by atoms with Crippen LogP contribution >= 0.6 is 0 Å². The second-order valence-electron chi connectivity index (χ2n) is 3.44. The van der Waals surface area contributed by atoms with Gasteiger partial charge in [-0.05, 0) is 24.6 Å². The Morgan fingerprint density at radius 1 is 1.50 bits per heavy atom. The molecule has 1 aromatic rings. The van der Waals surface area contributed by atoms with Gasteiger partial charge in [-0.3, -0.25) is 9.00 Å². The first-order chi connectivity index (χ1) is 7.63. The standard InChI is InChI=1S/C11H16N2O2S/c1-9-3-2-4-10(7-9)16(15)8-11(14)13-6-5-12/h2-4,7H,5-6,8,12H2,1H3,(H,13,14). The minimum absolute atomic E-state index is 0.0105. The predicted octanol–water partition coefficient (Wildman–Crippen LogP) is 0.178. The van der Waals surface area contributed by atoms with Gasteiger partial charge >= 0.3 is 0 Å². The molecule has 1 unspecified atom stereocenters. The van der Waals surface area contributed by atoms with Crippen molar-refractivity contribution in [1.82, 2.24) is 5.32 Å². The lowest BCUT2D eigenvalue weighted by molar-refractivity contribution is -0.118. The SMILES string of the molecule is Cc1cccc(S(=O)CC(=O)NCCN)c1. The second-order valence-corrected chi connectivity index (χ2v) is 4.90. The number of rotatable bonds is 5. The van der Waals surface area contributed by atoms with E-state index in [2.05, 4.69) is 5.32 Å². The Morgan fingerprint density at radius 3 is 2.88 bits per heavy atom. The monoisotopic (exact) mass is 240 g/mol. The van der Waals surface area contributed by atoms with Crippen molar-refractivity contribution in [2.24, 2.45) is 5.73 Å². The van der Waals surface area contributed by atoms with Gasteiger partial charge in [0.2, 0.25) is 5.91 Å². The van der Waals surface area contributed by atoms with Crippen LogP contribution in [-0.4, -0.2) is 29.0 Å². The van der Waals surface area contributed by atoms with Crippen LogP contribution in [0.15, 0.2) is 29.2 Å². The highest BCUT2D eigenvalue weighted by molar-refractivity contribution is 7.85. The quantitative estimate of drug-likeness (QED) is 0.771. The first kappa shape index (κ1) is 12.9. The first-order valence-corrected chi connectivity index (χ1v) is 6.37. The number of nitrogens with two attached hydrogens (primary N) is 1. The summed E-state index contributed by atoms with van der Waals surface area (Å²) in [5.74, 6) is -0.242. The summed E-state index contributed by atoms with van der Waals surface area (Å²) in [6.45, 7) is 2.74. The lowest BCUT2D eigenvalue weighted by Gasteiger charge is -2.04. The van der Waals surface area contributed by atoms with Gasteiger partial charge in [-0.15, -0.1) is 0 Å². The van der Waals surface area contributed by atoms with Gasteiger partial charge in [-0.1, -0.05) is 12.1 Å². The number of carbonyl (C=O) groups excluding carboxylic acids is 1. The van der Waals surface area contributed by atoms with Crippen molar-refractivity contribution in [2.75, 3.05) is 18.8 Å². The van der Waals surface area contributed by atoms with E-state index in [9.17, 15) is 9.00 Å². The van der Waals surface area contributed by atoms with Gasteiger partial charge in [0.15, 0.2) is 0 Å². The van der Waals surface area contributed by atoms with Crippen LogP contribution in [0.4, 0.5) is 0 Å². The summed E-state index contributed by atoms with van der Waals surface area (Å²) in [6, 6.07) is 7.35. The highest BCUT2D eigenvalue weighted by atomic mass is 32.2. The van der Waals surface area contributed by atoms with E-state index in [1.807, 2.05) is 25.1 Å². The highest BCUT2D eigenvalue weighted by Gasteiger charge is 2.09. The number of hydrogen-bond acceptors (Lipinski definition) is 3. The largest absolute Gasteiger partial charge is 0.354 e. The molecule has 1 atom stereocenters. The maximum Gasteiger partial charge on any atom is 0.233 e. The zero-order valence-corrected chi connectivity index (χ0v) is 10.0. The molecule has 0 saturated heterocycles. The van der Waals surface area contributed by atoms with E-state index in [1.54, 1.807) is 6.07 Å². The lowest BCUT2D eigenvalue weighted by atomic mass is 10.2. The van der Waals surface area contributed by atoms with Crippen LogP contribution in [0.5, 0.6) is 0 Å². The zero-order chi connectivity index (χ0) is 12.0. The fraction of sp³-hybridized carbons (Fsp3) is 0.364. The molecule has 5 heteroatoms. The number of aryl methyl sites for hydroxylation is 1. The van der Waals surface area contributed by atoms with Crippen molar-refractivity contribution in [3.05, 3.63) is 29.8 Å². The summed E-state index contributed by atoms with van der Waals surface area (Å²) < 4.78 is 11.8. The molecule has 0 aromatic heterocycles. The molecule has 0 saturated carbocycles. The highest BCUT2D eigenvalue weighted by Crippen LogP contribution is 2.08. The van der Waals surface area contributed by atoms with Crippen LogP contribution in [0.2, 0.25) is 0 Å². The van der Waals surface area contributed by atoms with Crippen LogP contribution in [-0.2, 0) is 15.6 Å². The average molecular weight is 240 g/mol. The van der Waals surface area contributed by atoms with E-state index in [0.29, 0.717) is 18.0 Å². The van der Waals surface area contributed by atoms with Gasteiger partial charge in [0, 0.05) is 18.0 Å². The number of nitrogens with one attached hydrogen (secondary N) is 1. The number of amides is 1. The van der Waals surface area contributed by atoms with Gasteiger partial charge in [-0.25, -0.2) is 0 Å². The molecule has 88 valence electrons. The van der Waals surface area contributed by atoms with E-state index in [1.165, 1.54) is 0 Å². The molecule has 0 heterocycles. The fourth-order valence-electron chi connectivity index (χ4n) is 1.22. The van der Waals surface area contributed by atoms with E-state index in [4.69, 9.17) is 5.73 Å². The third-order valence-electron chi connectivity index (χ3n) is 1.98. The van der Waals surface area contributed by atoms with Crippen molar-refractivity contribution >= 4 is 16.7 Å². The number of benzene rings is 1. The molecular formula is C11H16N2O2S. The predicted molar refractivity (Wildman–Crippen MR) is 64.5 cm³/mol. The maximum absolute atomic E-state index is 11.8. The van der Waals surface area contributed by atoms with E-state index >= 15 is 0 Å². The van der Waals surface area contributed by atoms with Crippen LogP contribution in [0, 0.1) is 6.92 Å². The molecule has 16 heavy (non-hydrogen) atoms. The number of carbonyl (C=O) groups is 1. The van der Waals surface area contributed by atoms with Crippen LogP contribution < -0.4 is 11.1 Å². The van der Waals surface area contributed by atoms with Crippen molar-refractivity contribution in [2.45, 2.75) is 11.8 Å². The fourth-order valence-corrected chi connectivity index (χ4v) is 2.28. The Hall–Kier alpha value is -1.20. The Balaban J connectivity index is 2.55. The lowest BCUT2D eigenvalue weighted by Crippen LogP contribution is -2.32. The first-order valence-electron chi connectivity index (χ1n) is 5.05. The van der Waals surface area contributed by atoms with Gasteiger partial charge in [0.25, 0.3) is 0 Å². The molecule has 0 fully saturated rings. The molecule has 0 spiro atoms. The molecule has 3 N–H and O–H groups in total. The number of hydrogen-bond donors (Lipinski definition) is 2. The summed E-state index contributed by atoms with van der Waals surface area (Å²) in [5.41, 5.74) is 6.28. The van der Waals surface area contributed by atoms with Crippen LogP contribution in [0.3, 0.4) is 0 Å². The van der Waals surface area contributed by atoms with Gasteiger partial charge in [0.1, 0.15) is 5.75 Å². The van der Waals surface area contributed by atoms with Crippen LogP contribution in [0.25, 0.3) is 0 Å². The Labute approximate surface area is 97.7 Å². The smallest absolute Gasteiger partial charge is 0.233 e. The minimum Gasteiger partial charge on any atom is -0.354 e. The molecule has 0 aliphatic carbocycles. The summed E-state index contributed by atoms with van der Waals surface area (Å²) >= 11 is 0. The molecule has 0 bridgehead atoms. The average Bonchev–Trinajstić information content (AvgIpc) is 2.26. The summed E-state index contributed by atoms with van der Waals surface area (Å²) in [5, 5.41) is 2.59. The van der Waals surface area contributed by atoms with Crippen LogP contribution in [0.1, 0.15) is 5.56 Å². The molecule has 0 aliphatic rings. The third kappa shape index (κ3) is 4.12. The topological polar surface area (TPSA) is 72.2 Å². The summed E-state index contributed by atoms with van der Waals surface area (Å²) in [6.07, 6.45) is 0. The van der Waals surface area contributed by atoms with Crippen molar-refractivity contribution < 1.29 is 9.00 Å². The molecule has 1 aromatic carbocycles. The third-order valence-corrected chi connectivity index (χ3v) is 3.29. The summed E-state index contributed by atoms with van der Waals surface area (Å²) in [7, 11) is -1.28. The van der Waals surface area contributed by atoms with Gasteiger partial charge in [0.05, 0.1) is 10.8 Å². The molecular weight excluding hydrogens is 224 g/mol. The van der Waals surface area contributed by atoms with E-state index in [0.717, 1.165) is 5.56 Å². The van der Waals surface area contributed by atoms with Crippen molar-refractivity contribution in [3.8, 4) is 0 Å². The Bertz CT molecular complexity index is 393. The Kier molecular flexibility index (Phi) is 5.14. The maximum atomic E-state index is 11.8. The molecule has 4 nitrogen and oxygen atoms in total.